The molecule has 0 unspecified atom stereocenters. The molecule has 0 radical (unpaired) electrons. The lowest BCUT2D eigenvalue weighted by Gasteiger charge is -2.09. The molecule has 0 bridgehead atoms. The Kier molecular flexibility index (Phi) is 4.91. The maximum absolute atomic E-state index is 11.9. The second kappa shape index (κ2) is 7.82. The van der Waals surface area contributed by atoms with E-state index in [-0.39, 0.29) is 5.91 Å². The number of hydrogen-bond acceptors (Lipinski definition) is 6. The third-order valence-corrected chi connectivity index (χ3v) is 4.20. The predicted octanol–water partition coefficient (Wildman–Crippen LogP) is 4.10. The van der Waals surface area contributed by atoms with E-state index in [0.717, 1.165) is 11.4 Å². The van der Waals surface area contributed by atoms with Crippen LogP contribution in [-0.2, 0) is 4.79 Å². The second-order valence-electron chi connectivity index (χ2n) is 6.53. The van der Waals surface area contributed by atoms with E-state index in [4.69, 9.17) is 0 Å². The summed E-state index contributed by atoms with van der Waals surface area (Å²) in [7, 11) is 0. The van der Waals surface area contributed by atoms with Crippen LogP contribution in [0.25, 0.3) is 0 Å². The molecule has 3 N–H and O–H groups in total. The molecule has 7 heteroatoms. The molecule has 0 saturated heterocycles. The summed E-state index contributed by atoms with van der Waals surface area (Å²) < 4.78 is 0. The van der Waals surface area contributed by atoms with E-state index in [1.165, 1.54) is 19.2 Å². The first kappa shape index (κ1) is 17.0. The molecule has 2 aromatic heterocycles. The highest BCUT2D eigenvalue weighted by Crippen LogP contribution is 2.32. The average molecular weight is 360 g/mol. The maximum Gasteiger partial charge on any atom is 0.224 e. The summed E-state index contributed by atoms with van der Waals surface area (Å²) in [5.41, 5.74) is 1.67. The van der Waals surface area contributed by atoms with Crippen molar-refractivity contribution < 1.29 is 4.79 Å². The van der Waals surface area contributed by atoms with Crippen LogP contribution in [0.1, 0.15) is 19.3 Å². The van der Waals surface area contributed by atoms with Crippen molar-refractivity contribution in [2.75, 3.05) is 16.0 Å². The molecule has 0 aliphatic heterocycles. The Balaban J connectivity index is 1.37. The Bertz CT molecular complexity index is 909. The summed E-state index contributed by atoms with van der Waals surface area (Å²) in [4.78, 5) is 24.5. The number of carbonyl (C=O) groups is 1. The van der Waals surface area contributed by atoms with Crippen molar-refractivity contribution in [2.24, 2.45) is 5.92 Å². The fourth-order valence-corrected chi connectivity index (χ4v) is 2.64. The molecule has 1 aliphatic rings. The van der Waals surface area contributed by atoms with Crippen LogP contribution in [0.2, 0.25) is 0 Å². The molecule has 136 valence electrons. The van der Waals surface area contributed by atoms with Gasteiger partial charge in [-0.2, -0.15) is 0 Å². The fourth-order valence-electron chi connectivity index (χ4n) is 2.64. The summed E-state index contributed by atoms with van der Waals surface area (Å²) in [5, 5.41) is 9.29. The van der Waals surface area contributed by atoms with E-state index >= 15 is 0 Å². The van der Waals surface area contributed by atoms with Crippen LogP contribution in [0.4, 0.5) is 28.8 Å². The number of benzene rings is 1. The Morgan fingerprint density at radius 2 is 1.63 bits per heavy atom. The van der Waals surface area contributed by atoms with Gasteiger partial charge in [0.15, 0.2) is 0 Å². The summed E-state index contributed by atoms with van der Waals surface area (Å²) >= 11 is 0. The van der Waals surface area contributed by atoms with Crippen molar-refractivity contribution in [2.45, 2.75) is 19.3 Å². The van der Waals surface area contributed by atoms with E-state index in [1.807, 2.05) is 42.5 Å². The number of amides is 1. The minimum absolute atomic E-state index is 0.0826. The van der Waals surface area contributed by atoms with E-state index in [2.05, 4.69) is 30.9 Å². The number of nitrogens with zero attached hydrogens (tertiary/aromatic N) is 3. The van der Waals surface area contributed by atoms with Crippen LogP contribution in [0, 0.1) is 5.92 Å². The number of nitrogens with one attached hydrogen (secondary N) is 3. The van der Waals surface area contributed by atoms with Gasteiger partial charge in [-0.25, -0.2) is 15.0 Å². The first-order valence-corrected chi connectivity index (χ1v) is 8.92. The normalized spacial score (nSPS) is 13.0. The van der Waals surface area contributed by atoms with Gasteiger partial charge in [0, 0.05) is 30.1 Å². The molecule has 1 aromatic carbocycles. The Morgan fingerprint density at radius 1 is 0.889 bits per heavy atom. The van der Waals surface area contributed by atoms with Crippen molar-refractivity contribution in [3.05, 3.63) is 61.1 Å². The molecule has 0 spiro atoms. The quantitative estimate of drug-likeness (QED) is 0.588. The minimum Gasteiger partial charge on any atom is -0.340 e. The van der Waals surface area contributed by atoms with Gasteiger partial charge < -0.3 is 16.0 Å². The molecule has 7 nitrogen and oxygen atoms in total. The van der Waals surface area contributed by atoms with Gasteiger partial charge in [-0.1, -0.05) is 6.07 Å². The van der Waals surface area contributed by atoms with Crippen LogP contribution in [0.5, 0.6) is 0 Å². The molecule has 2 heterocycles. The van der Waals surface area contributed by atoms with Gasteiger partial charge >= 0.3 is 0 Å². The molecule has 1 aliphatic carbocycles. The molecule has 1 saturated carbocycles. The lowest BCUT2D eigenvalue weighted by molar-refractivity contribution is -0.116. The average Bonchev–Trinajstić information content (AvgIpc) is 3.48. The Hall–Kier alpha value is -3.48. The third kappa shape index (κ3) is 5.01. The van der Waals surface area contributed by atoms with E-state index < -0.39 is 0 Å². The van der Waals surface area contributed by atoms with Gasteiger partial charge in [-0.15, -0.1) is 0 Å². The van der Waals surface area contributed by atoms with Crippen LogP contribution >= 0.6 is 0 Å². The maximum atomic E-state index is 11.9. The first-order valence-electron chi connectivity index (χ1n) is 8.92. The van der Waals surface area contributed by atoms with Crippen molar-refractivity contribution in [3.8, 4) is 0 Å². The molecule has 27 heavy (non-hydrogen) atoms. The Labute approximate surface area is 157 Å². The second-order valence-corrected chi connectivity index (χ2v) is 6.53. The zero-order chi connectivity index (χ0) is 18.5. The van der Waals surface area contributed by atoms with E-state index in [9.17, 15) is 4.79 Å². The summed E-state index contributed by atoms with van der Waals surface area (Å²) in [5.74, 6) is 2.69. The number of hydrogen-bond donors (Lipinski definition) is 3. The molecule has 1 amide bonds. The van der Waals surface area contributed by atoms with Gasteiger partial charge in [-0.3, -0.25) is 4.79 Å². The lowest BCUT2D eigenvalue weighted by atomic mass is 10.2. The lowest BCUT2D eigenvalue weighted by Crippen LogP contribution is -2.11. The Morgan fingerprint density at radius 3 is 2.33 bits per heavy atom. The van der Waals surface area contributed by atoms with Crippen molar-refractivity contribution in [1.29, 1.82) is 0 Å². The highest BCUT2D eigenvalue weighted by Gasteiger charge is 2.24. The topological polar surface area (TPSA) is 91.8 Å². The van der Waals surface area contributed by atoms with Gasteiger partial charge in [0.25, 0.3) is 0 Å². The zero-order valence-electron chi connectivity index (χ0n) is 14.7. The minimum atomic E-state index is 0.0826. The zero-order valence-corrected chi connectivity index (χ0v) is 14.7. The molecule has 0 atom stereocenters. The van der Waals surface area contributed by atoms with E-state index in [0.29, 0.717) is 29.8 Å². The number of carbonyl (C=O) groups excluding carboxylic acids is 1. The van der Waals surface area contributed by atoms with Crippen LogP contribution in [0.15, 0.2) is 61.1 Å². The van der Waals surface area contributed by atoms with E-state index in [1.54, 1.807) is 12.3 Å². The van der Waals surface area contributed by atoms with Gasteiger partial charge in [0.05, 0.1) is 0 Å². The molecule has 4 rings (SSSR count). The van der Waals surface area contributed by atoms with Crippen LogP contribution in [0.3, 0.4) is 0 Å². The summed E-state index contributed by atoms with van der Waals surface area (Å²) in [6, 6.07) is 15.0. The summed E-state index contributed by atoms with van der Waals surface area (Å²) in [6.45, 7) is 0. The predicted molar refractivity (Wildman–Crippen MR) is 105 cm³/mol. The highest BCUT2D eigenvalue weighted by molar-refractivity contribution is 5.91. The summed E-state index contributed by atoms with van der Waals surface area (Å²) in [6.07, 6.45) is 6.17. The van der Waals surface area contributed by atoms with Crippen LogP contribution < -0.4 is 16.0 Å². The van der Waals surface area contributed by atoms with Crippen molar-refractivity contribution in [1.82, 2.24) is 15.0 Å². The molecule has 1 fully saturated rings. The van der Waals surface area contributed by atoms with Crippen molar-refractivity contribution in [3.63, 3.8) is 0 Å². The fraction of sp³-hybridized carbons (Fsp3) is 0.200. The molecule has 3 aromatic rings. The largest absolute Gasteiger partial charge is 0.340 e. The number of anilines is 5. The number of rotatable bonds is 7. The smallest absolute Gasteiger partial charge is 0.224 e. The standard InChI is InChI=1S/C20H20N6O/c27-20(11-14-4-5-14)25-16-8-6-15(7-9-16)24-18-12-19(23-13-22-18)26-17-3-1-2-10-21-17/h1-3,6-10,12-14H,4-5,11H2,(H,25,27)(H2,21,22,23,24,26). The van der Waals surface area contributed by atoms with Gasteiger partial charge in [0.1, 0.15) is 23.8 Å². The van der Waals surface area contributed by atoms with Gasteiger partial charge in [0.2, 0.25) is 5.91 Å². The SMILES string of the molecule is O=C(CC1CC1)Nc1ccc(Nc2cc(Nc3ccccn3)ncn2)cc1. The monoisotopic (exact) mass is 360 g/mol. The van der Waals surface area contributed by atoms with Gasteiger partial charge in [-0.05, 0) is 55.2 Å². The van der Waals surface area contributed by atoms with Crippen molar-refractivity contribution >= 4 is 34.7 Å². The molecular formula is C20H20N6O. The third-order valence-electron chi connectivity index (χ3n) is 4.20. The van der Waals surface area contributed by atoms with Crippen LogP contribution in [-0.4, -0.2) is 20.9 Å². The number of pyridine rings is 1. The highest BCUT2D eigenvalue weighted by atomic mass is 16.1. The first-order chi connectivity index (χ1) is 13.2. The molecular weight excluding hydrogens is 340 g/mol. The number of aromatic nitrogens is 3.